The Balaban J connectivity index is 0.00000141. The van der Waals surface area contributed by atoms with Crippen molar-refractivity contribution in [2.24, 2.45) is 0 Å². The average Bonchev–Trinajstić information content (AvgIpc) is 2.92. The number of rotatable bonds is 3. The van der Waals surface area contributed by atoms with Crippen molar-refractivity contribution in [1.82, 2.24) is 9.97 Å². The molecule has 1 amide bonds. The third-order valence-corrected chi connectivity index (χ3v) is 4.67. The number of anilines is 2. The van der Waals surface area contributed by atoms with Gasteiger partial charge in [0.05, 0.1) is 29.4 Å². The summed E-state index contributed by atoms with van der Waals surface area (Å²) in [5, 5.41) is 5.74. The molecule has 32 heavy (non-hydrogen) atoms. The Morgan fingerprint density at radius 2 is 1.75 bits per heavy atom. The molecule has 2 aromatic carbocycles. The second-order valence-corrected chi connectivity index (χ2v) is 6.87. The summed E-state index contributed by atoms with van der Waals surface area (Å²) in [5.74, 6) is 0.0925. The molecule has 0 saturated heterocycles. The van der Waals surface area contributed by atoms with Crippen molar-refractivity contribution in [1.29, 1.82) is 0 Å². The van der Waals surface area contributed by atoms with Crippen LogP contribution in [0.25, 0.3) is 0 Å². The van der Waals surface area contributed by atoms with E-state index in [0.29, 0.717) is 11.4 Å². The highest BCUT2D eigenvalue weighted by atomic mass is 19.4. The van der Waals surface area contributed by atoms with Crippen LogP contribution in [0.4, 0.5) is 24.5 Å². The van der Waals surface area contributed by atoms with Crippen LogP contribution in [0.15, 0.2) is 54.9 Å². The molecule has 0 radical (unpaired) electrons. The number of amides is 1. The van der Waals surface area contributed by atoms with E-state index in [9.17, 15) is 18.0 Å². The van der Waals surface area contributed by atoms with Crippen molar-refractivity contribution in [3.8, 4) is 11.8 Å². The molecule has 3 aromatic rings. The largest absolute Gasteiger partial charge is 0.424 e. The molecule has 0 bridgehead atoms. The Hall–Kier alpha value is -3.62. The molecule has 0 fully saturated rings. The number of ether oxygens (including phenoxy) is 1. The summed E-state index contributed by atoms with van der Waals surface area (Å²) in [6.07, 6.45) is -1.35. The van der Waals surface area contributed by atoms with Gasteiger partial charge in [-0.2, -0.15) is 13.2 Å². The van der Waals surface area contributed by atoms with Gasteiger partial charge in [-0.15, -0.1) is 0 Å². The number of fused-ring (bicyclic) bond motifs is 1. The van der Waals surface area contributed by atoms with Crippen molar-refractivity contribution >= 4 is 17.3 Å². The highest BCUT2D eigenvalue weighted by Crippen LogP contribution is 2.40. The van der Waals surface area contributed by atoms with E-state index in [2.05, 4.69) is 20.6 Å². The third-order valence-electron chi connectivity index (χ3n) is 4.67. The average molecular weight is 444 g/mol. The number of hydrogen-bond acceptors (Lipinski definition) is 5. The fourth-order valence-electron chi connectivity index (χ4n) is 3.30. The zero-order chi connectivity index (χ0) is 23.3. The zero-order valence-corrected chi connectivity index (χ0v) is 17.8. The molecule has 0 aliphatic carbocycles. The highest BCUT2D eigenvalue weighted by molar-refractivity contribution is 5.97. The Labute approximate surface area is 183 Å². The molecule has 4 rings (SSSR count). The van der Waals surface area contributed by atoms with Gasteiger partial charge >= 0.3 is 12.2 Å². The predicted molar refractivity (Wildman–Crippen MR) is 116 cm³/mol. The summed E-state index contributed by atoms with van der Waals surface area (Å²) >= 11 is 0. The number of carbonyl (C=O) groups excluding carboxylic acids is 1. The number of halogens is 3. The van der Waals surface area contributed by atoms with Gasteiger partial charge < -0.3 is 15.4 Å². The number of carbonyl (C=O) groups is 1. The van der Waals surface area contributed by atoms with E-state index < -0.39 is 17.8 Å². The van der Waals surface area contributed by atoms with E-state index in [1.807, 2.05) is 19.9 Å². The number of hydrogen-bond donors (Lipinski definition) is 2. The van der Waals surface area contributed by atoms with Gasteiger partial charge in [0.15, 0.2) is 0 Å². The molecule has 2 N–H and O–H groups in total. The minimum absolute atomic E-state index is 0.0420. The van der Waals surface area contributed by atoms with Crippen molar-refractivity contribution in [2.45, 2.75) is 39.4 Å². The number of aromatic nitrogens is 2. The van der Waals surface area contributed by atoms with Crippen molar-refractivity contribution in [3.05, 3.63) is 71.5 Å². The standard InChI is InChI=1S/C21H17F3N4O2.C2H6/c1-12-8-17-18(10-15(12)21(22,23)24)28-19(29)11-16(27-17)13-4-2-5-14(9-13)30-20-25-6-3-7-26-20;1-2/h2-10,16,27H,11H2,1H3,(H,28,29);1-2H3. The zero-order valence-electron chi connectivity index (χ0n) is 17.8. The summed E-state index contributed by atoms with van der Waals surface area (Å²) in [6, 6.07) is 10.8. The van der Waals surface area contributed by atoms with E-state index in [4.69, 9.17) is 4.74 Å². The van der Waals surface area contributed by atoms with Crippen LogP contribution in [0, 0.1) is 6.92 Å². The third kappa shape index (κ3) is 5.35. The summed E-state index contributed by atoms with van der Waals surface area (Å²) in [7, 11) is 0. The minimum atomic E-state index is -4.50. The molecule has 1 atom stereocenters. The number of benzene rings is 2. The van der Waals surface area contributed by atoms with Gasteiger partial charge in [0.2, 0.25) is 5.91 Å². The Morgan fingerprint density at radius 3 is 2.44 bits per heavy atom. The summed E-state index contributed by atoms with van der Waals surface area (Å²) < 4.78 is 45.3. The van der Waals surface area contributed by atoms with Gasteiger partial charge in [0.1, 0.15) is 5.75 Å². The van der Waals surface area contributed by atoms with E-state index in [1.54, 1.807) is 36.7 Å². The molecule has 1 unspecified atom stereocenters. The topological polar surface area (TPSA) is 76.1 Å². The SMILES string of the molecule is CC.Cc1cc2c(cc1C(F)(F)F)NC(=O)CC(c1cccc(Oc3ncccn3)c1)N2. The molecule has 2 heterocycles. The lowest BCUT2D eigenvalue weighted by molar-refractivity contribution is -0.138. The Morgan fingerprint density at radius 1 is 1.03 bits per heavy atom. The fourth-order valence-corrected chi connectivity index (χ4v) is 3.30. The maximum atomic E-state index is 13.2. The first kappa shape index (κ1) is 23.1. The first-order valence-electron chi connectivity index (χ1n) is 10.1. The van der Waals surface area contributed by atoms with E-state index in [1.165, 1.54) is 13.0 Å². The van der Waals surface area contributed by atoms with Gasteiger partial charge in [0.25, 0.3) is 0 Å². The van der Waals surface area contributed by atoms with E-state index in [0.717, 1.165) is 11.6 Å². The van der Waals surface area contributed by atoms with Gasteiger partial charge in [-0.3, -0.25) is 4.79 Å². The number of alkyl halides is 3. The monoisotopic (exact) mass is 444 g/mol. The summed E-state index contributed by atoms with van der Waals surface area (Å²) in [6.45, 7) is 5.39. The minimum Gasteiger partial charge on any atom is -0.424 e. The van der Waals surface area contributed by atoms with Crippen LogP contribution < -0.4 is 15.4 Å². The van der Waals surface area contributed by atoms with Crippen molar-refractivity contribution in [2.75, 3.05) is 10.6 Å². The number of nitrogens with zero attached hydrogens (tertiary/aromatic N) is 2. The lowest BCUT2D eigenvalue weighted by atomic mass is 10.0. The normalized spacial score (nSPS) is 15.3. The van der Waals surface area contributed by atoms with Crippen LogP contribution >= 0.6 is 0 Å². The van der Waals surface area contributed by atoms with Gasteiger partial charge in [-0.05, 0) is 48.4 Å². The summed E-state index contributed by atoms with van der Waals surface area (Å²) in [4.78, 5) is 20.4. The van der Waals surface area contributed by atoms with Crippen molar-refractivity contribution < 1.29 is 22.7 Å². The first-order chi connectivity index (χ1) is 15.3. The van der Waals surface area contributed by atoms with E-state index >= 15 is 0 Å². The lowest BCUT2D eigenvalue weighted by Gasteiger charge is -2.19. The van der Waals surface area contributed by atoms with E-state index in [-0.39, 0.29) is 29.6 Å². The van der Waals surface area contributed by atoms with Crippen LogP contribution in [0.1, 0.15) is 43.0 Å². The Kier molecular flexibility index (Phi) is 6.97. The van der Waals surface area contributed by atoms with Crippen LogP contribution in [0.5, 0.6) is 11.8 Å². The number of aryl methyl sites for hydroxylation is 1. The molecular weight excluding hydrogens is 421 g/mol. The second-order valence-electron chi connectivity index (χ2n) is 6.87. The molecule has 6 nitrogen and oxygen atoms in total. The molecule has 0 saturated carbocycles. The quantitative estimate of drug-likeness (QED) is 0.509. The highest BCUT2D eigenvalue weighted by Gasteiger charge is 2.34. The second kappa shape index (κ2) is 9.67. The molecule has 0 spiro atoms. The molecule has 1 aliphatic heterocycles. The van der Waals surface area contributed by atoms with Crippen molar-refractivity contribution in [3.63, 3.8) is 0 Å². The van der Waals surface area contributed by atoms with Gasteiger partial charge in [-0.1, -0.05) is 26.0 Å². The molecular formula is C23H23F3N4O2. The fraction of sp³-hybridized carbons (Fsp3) is 0.261. The number of nitrogens with one attached hydrogen (secondary N) is 2. The van der Waals surface area contributed by atoms with Crippen LogP contribution in [0.2, 0.25) is 0 Å². The molecule has 168 valence electrons. The van der Waals surface area contributed by atoms with Gasteiger partial charge in [-0.25, -0.2) is 9.97 Å². The maximum Gasteiger partial charge on any atom is 0.416 e. The first-order valence-corrected chi connectivity index (χ1v) is 10.1. The predicted octanol–water partition coefficient (Wildman–Crippen LogP) is 6.12. The van der Waals surface area contributed by atoms with Crippen LogP contribution in [-0.2, 0) is 11.0 Å². The molecule has 1 aromatic heterocycles. The van der Waals surface area contributed by atoms with Crippen LogP contribution in [-0.4, -0.2) is 15.9 Å². The maximum absolute atomic E-state index is 13.2. The smallest absolute Gasteiger partial charge is 0.416 e. The van der Waals surface area contributed by atoms with Crippen LogP contribution in [0.3, 0.4) is 0 Å². The molecule has 1 aliphatic rings. The summed E-state index contributed by atoms with van der Waals surface area (Å²) in [5.41, 5.74) is 0.561. The molecule has 9 heteroatoms. The Bertz CT molecular complexity index is 1090. The lowest BCUT2D eigenvalue weighted by Crippen LogP contribution is -2.15. The van der Waals surface area contributed by atoms with Gasteiger partial charge in [0, 0.05) is 12.4 Å².